The highest BCUT2D eigenvalue weighted by molar-refractivity contribution is 5.94. The van der Waals surface area contributed by atoms with Gasteiger partial charge >= 0.3 is 0 Å². The lowest BCUT2D eigenvalue weighted by molar-refractivity contribution is 0.0632. The number of hydrogen-bond donors (Lipinski definition) is 0. The summed E-state index contributed by atoms with van der Waals surface area (Å²) in [6, 6.07) is 15.4. The highest BCUT2D eigenvalue weighted by atomic mass is 16.4. The smallest absolute Gasteiger partial charge is 0.253 e. The Labute approximate surface area is 183 Å². The number of amides is 1. The van der Waals surface area contributed by atoms with Crippen LogP contribution in [-0.2, 0) is 0 Å². The van der Waals surface area contributed by atoms with Gasteiger partial charge in [0.15, 0.2) is 0 Å². The lowest BCUT2D eigenvalue weighted by Crippen LogP contribution is -2.48. The van der Waals surface area contributed by atoms with E-state index < -0.39 is 0 Å². The predicted octanol–water partition coefficient (Wildman–Crippen LogP) is 4.52. The minimum absolute atomic E-state index is 0.0844. The monoisotopic (exact) mass is 418 g/mol. The first-order valence-corrected chi connectivity index (χ1v) is 11.0. The first-order valence-electron chi connectivity index (χ1n) is 11.0. The van der Waals surface area contributed by atoms with Crippen LogP contribution in [0.3, 0.4) is 0 Å². The van der Waals surface area contributed by atoms with Gasteiger partial charge in [0.05, 0.1) is 0 Å². The van der Waals surface area contributed by atoms with Crippen LogP contribution in [-0.4, -0.2) is 58.6 Å². The Morgan fingerprint density at radius 1 is 0.968 bits per heavy atom. The molecule has 2 aromatic carbocycles. The summed E-state index contributed by atoms with van der Waals surface area (Å²) in [6.07, 6.45) is 1.20. The van der Waals surface area contributed by atoms with E-state index >= 15 is 0 Å². The molecule has 1 aliphatic rings. The molecule has 1 saturated heterocycles. The maximum absolute atomic E-state index is 12.9. The number of aryl methyl sites for hydroxylation is 1. The molecule has 1 aliphatic heterocycles. The summed E-state index contributed by atoms with van der Waals surface area (Å²) in [6.45, 7) is 11.1. The fourth-order valence-electron chi connectivity index (χ4n) is 3.81. The third-order valence-electron chi connectivity index (χ3n) is 5.86. The summed E-state index contributed by atoms with van der Waals surface area (Å²) in [5.41, 5.74) is 3.52. The van der Waals surface area contributed by atoms with Gasteiger partial charge in [-0.3, -0.25) is 9.69 Å². The van der Waals surface area contributed by atoms with Crippen LogP contribution in [0.4, 0.5) is 0 Å². The molecule has 3 aromatic rings. The second kappa shape index (κ2) is 9.43. The van der Waals surface area contributed by atoms with Crippen LogP contribution in [0, 0.1) is 12.8 Å². The Morgan fingerprint density at radius 3 is 2.32 bits per heavy atom. The van der Waals surface area contributed by atoms with Gasteiger partial charge in [0, 0.05) is 42.9 Å². The Hall–Kier alpha value is -2.99. The molecular formula is C25H30N4O2. The maximum Gasteiger partial charge on any atom is 0.253 e. The van der Waals surface area contributed by atoms with E-state index in [9.17, 15) is 4.79 Å². The molecular weight excluding hydrogens is 388 g/mol. The van der Waals surface area contributed by atoms with E-state index in [2.05, 4.69) is 28.9 Å². The Morgan fingerprint density at radius 2 is 1.65 bits per heavy atom. The van der Waals surface area contributed by atoms with Gasteiger partial charge in [-0.2, -0.15) is 0 Å². The zero-order chi connectivity index (χ0) is 21.8. The van der Waals surface area contributed by atoms with E-state index in [1.807, 2.05) is 60.4 Å². The molecule has 0 N–H and O–H groups in total. The molecule has 0 radical (unpaired) electrons. The second-order valence-electron chi connectivity index (χ2n) is 8.62. The lowest BCUT2D eigenvalue weighted by Gasteiger charge is -2.35. The van der Waals surface area contributed by atoms with Gasteiger partial charge < -0.3 is 9.32 Å². The molecule has 0 aliphatic carbocycles. The summed E-state index contributed by atoms with van der Waals surface area (Å²) in [5.74, 6) is 1.76. The van der Waals surface area contributed by atoms with Gasteiger partial charge in [-0.1, -0.05) is 32.0 Å². The third-order valence-corrected chi connectivity index (χ3v) is 5.86. The highest BCUT2D eigenvalue weighted by Crippen LogP contribution is 2.26. The Kier molecular flexibility index (Phi) is 6.47. The van der Waals surface area contributed by atoms with Crippen LogP contribution in [0.25, 0.3) is 22.9 Å². The van der Waals surface area contributed by atoms with Crippen LogP contribution in [0.1, 0.15) is 36.2 Å². The van der Waals surface area contributed by atoms with Gasteiger partial charge in [-0.15, -0.1) is 10.2 Å². The van der Waals surface area contributed by atoms with Crippen molar-refractivity contribution >= 4 is 5.91 Å². The van der Waals surface area contributed by atoms with Crippen LogP contribution >= 0.6 is 0 Å². The van der Waals surface area contributed by atoms with Crippen LogP contribution in [0.5, 0.6) is 0 Å². The molecule has 0 atom stereocenters. The average Bonchev–Trinajstić information content (AvgIpc) is 3.28. The van der Waals surface area contributed by atoms with E-state index in [0.29, 0.717) is 23.3 Å². The normalized spacial score (nSPS) is 14.9. The Balaban J connectivity index is 1.39. The largest absolute Gasteiger partial charge is 0.416 e. The van der Waals surface area contributed by atoms with Crippen molar-refractivity contribution in [1.82, 2.24) is 20.0 Å². The standard InChI is InChI=1S/C25H30N4O2/c1-18(2)12-13-28-14-16-29(17-15-28)25(30)21-10-8-20(9-11-21)23-26-27-24(31-23)22-7-5-4-6-19(22)3/h4-11,18H,12-17H2,1-3H3. The van der Waals surface area contributed by atoms with Crippen molar-refractivity contribution in [3.8, 4) is 22.9 Å². The van der Waals surface area contributed by atoms with Gasteiger partial charge in [-0.25, -0.2) is 0 Å². The number of piperazine rings is 1. The first kappa shape index (κ1) is 21.2. The molecule has 6 heteroatoms. The SMILES string of the molecule is Cc1ccccc1-c1nnc(-c2ccc(C(=O)N3CCN(CCC(C)C)CC3)cc2)o1. The van der Waals surface area contributed by atoms with E-state index in [4.69, 9.17) is 4.42 Å². The Bertz CT molecular complexity index is 1020. The molecule has 2 heterocycles. The second-order valence-corrected chi connectivity index (χ2v) is 8.62. The molecule has 31 heavy (non-hydrogen) atoms. The number of rotatable bonds is 6. The van der Waals surface area contributed by atoms with Crippen molar-refractivity contribution in [3.05, 3.63) is 59.7 Å². The van der Waals surface area contributed by atoms with E-state index in [0.717, 1.165) is 49.4 Å². The molecule has 0 saturated carbocycles. The maximum atomic E-state index is 12.9. The molecule has 0 spiro atoms. The van der Waals surface area contributed by atoms with Crippen LogP contribution in [0.15, 0.2) is 52.9 Å². The highest BCUT2D eigenvalue weighted by Gasteiger charge is 2.22. The van der Waals surface area contributed by atoms with Crippen molar-refractivity contribution in [3.63, 3.8) is 0 Å². The minimum atomic E-state index is 0.0844. The van der Waals surface area contributed by atoms with Crippen LogP contribution in [0.2, 0.25) is 0 Å². The number of benzene rings is 2. The van der Waals surface area contributed by atoms with Crippen molar-refractivity contribution in [2.45, 2.75) is 27.2 Å². The zero-order valence-electron chi connectivity index (χ0n) is 18.5. The number of carbonyl (C=O) groups is 1. The summed E-state index contributed by atoms with van der Waals surface area (Å²) >= 11 is 0. The quantitative estimate of drug-likeness (QED) is 0.589. The van der Waals surface area contributed by atoms with Gasteiger partial charge in [0.25, 0.3) is 5.91 Å². The molecule has 0 bridgehead atoms. The summed E-state index contributed by atoms with van der Waals surface area (Å²) in [5, 5.41) is 8.38. The summed E-state index contributed by atoms with van der Waals surface area (Å²) < 4.78 is 5.88. The third kappa shape index (κ3) is 5.02. The topological polar surface area (TPSA) is 62.5 Å². The number of hydrogen-bond acceptors (Lipinski definition) is 5. The van der Waals surface area contributed by atoms with Gasteiger partial charge in [0.1, 0.15) is 0 Å². The van der Waals surface area contributed by atoms with E-state index in [1.54, 1.807) is 0 Å². The van der Waals surface area contributed by atoms with Crippen molar-refractivity contribution in [2.75, 3.05) is 32.7 Å². The van der Waals surface area contributed by atoms with Gasteiger partial charge in [-0.05, 0) is 61.7 Å². The summed E-state index contributed by atoms with van der Waals surface area (Å²) in [7, 11) is 0. The predicted molar refractivity (Wildman–Crippen MR) is 122 cm³/mol. The van der Waals surface area contributed by atoms with E-state index in [-0.39, 0.29) is 5.91 Å². The minimum Gasteiger partial charge on any atom is -0.416 e. The van der Waals surface area contributed by atoms with Crippen molar-refractivity contribution in [1.29, 1.82) is 0 Å². The lowest BCUT2D eigenvalue weighted by atomic mass is 10.1. The average molecular weight is 419 g/mol. The molecule has 162 valence electrons. The summed E-state index contributed by atoms with van der Waals surface area (Å²) in [4.78, 5) is 17.3. The zero-order valence-corrected chi connectivity index (χ0v) is 18.5. The molecule has 1 amide bonds. The van der Waals surface area contributed by atoms with Gasteiger partial charge in [0.2, 0.25) is 11.8 Å². The molecule has 4 rings (SSSR count). The van der Waals surface area contributed by atoms with Crippen molar-refractivity contribution in [2.24, 2.45) is 5.92 Å². The number of nitrogens with zero attached hydrogens (tertiary/aromatic N) is 4. The molecule has 0 unspecified atom stereocenters. The van der Waals surface area contributed by atoms with E-state index in [1.165, 1.54) is 6.42 Å². The fourth-order valence-corrected chi connectivity index (χ4v) is 3.81. The molecule has 1 aromatic heterocycles. The first-order chi connectivity index (χ1) is 15.0. The van der Waals surface area contributed by atoms with Crippen LogP contribution < -0.4 is 0 Å². The number of carbonyl (C=O) groups excluding carboxylic acids is 1. The van der Waals surface area contributed by atoms with Crippen molar-refractivity contribution < 1.29 is 9.21 Å². The number of aromatic nitrogens is 2. The molecule has 6 nitrogen and oxygen atoms in total. The fraction of sp³-hybridized carbons (Fsp3) is 0.400. The molecule has 1 fully saturated rings.